The SMILES string of the molecule is O.O=Cc1cnc2ccccc2n1. The summed E-state index contributed by atoms with van der Waals surface area (Å²) in [4.78, 5) is 18.5. The van der Waals surface area contributed by atoms with Crippen LogP contribution in [0.1, 0.15) is 10.5 Å². The standard InChI is InChI=1S/C9H6N2O.H2O/c12-6-7-5-10-8-3-1-2-4-9(8)11-7;/h1-6H;1H2. The first kappa shape index (κ1) is 9.28. The molecule has 0 fully saturated rings. The zero-order valence-corrected chi connectivity index (χ0v) is 6.77. The Morgan fingerprint density at radius 3 is 2.54 bits per heavy atom. The van der Waals surface area contributed by atoms with E-state index in [1.54, 1.807) is 0 Å². The van der Waals surface area contributed by atoms with E-state index in [9.17, 15) is 4.79 Å². The number of hydrogen-bond donors (Lipinski definition) is 0. The minimum Gasteiger partial charge on any atom is -0.412 e. The van der Waals surface area contributed by atoms with E-state index in [1.165, 1.54) is 6.20 Å². The molecule has 0 aliphatic rings. The molecular weight excluding hydrogens is 168 g/mol. The number of aromatic nitrogens is 2. The molecule has 0 unspecified atom stereocenters. The topological polar surface area (TPSA) is 74.3 Å². The lowest BCUT2D eigenvalue weighted by Gasteiger charge is -1.94. The van der Waals surface area contributed by atoms with Gasteiger partial charge in [-0.1, -0.05) is 12.1 Å². The Morgan fingerprint density at radius 2 is 1.85 bits per heavy atom. The molecule has 0 saturated carbocycles. The zero-order chi connectivity index (χ0) is 8.39. The Balaban J connectivity index is 0.000000845. The molecule has 4 heteroatoms. The predicted octanol–water partition coefficient (Wildman–Crippen LogP) is 0.618. The zero-order valence-electron chi connectivity index (χ0n) is 6.77. The van der Waals surface area contributed by atoms with Crippen molar-refractivity contribution in [2.75, 3.05) is 0 Å². The average Bonchev–Trinajstić information content (AvgIpc) is 2.17. The molecule has 1 heterocycles. The van der Waals surface area contributed by atoms with Gasteiger partial charge in [0.1, 0.15) is 5.69 Å². The first-order valence-corrected chi connectivity index (χ1v) is 3.57. The van der Waals surface area contributed by atoms with E-state index in [1.807, 2.05) is 24.3 Å². The summed E-state index contributed by atoms with van der Waals surface area (Å²) in [5, 5.41) is 0. The van der Waals surface area contributed by atoms with Gasteiger partial charge < -0.3 is 5.48 Å². The van der Waals surface area contributed by atoms with E-state index in [-0.39, 0.29) is 5.48 Å². The fourth-order valence-electron chi connectivity index (χ4n) is 1.03. The highest BCUT2D eigenvalue weighted by atomic mass is 16.1. The largest absolute Gasteiger partial charge is 0.412 e. The summed E-state index contributed by atoms with van der Waals surface area (Å²) in [6.07, 6.45) is 2.16. The van der Waals surface area contributed by atoms with Crippen LogP contribution in [0.3, 0.4) is 0 Å². The molecule has 0 radical (unpaired) electrons. The maximum absolute atomic E-state index is 10.3. The van der Waals surface area contributed by atoms with Crippen LogP contribution in [0.4, 0.5) is 0 Å². The van der Waals surface area contributed by atoms with E-state index in [2.05, 4.69) is 9.97 Å². The van der Waals surface area contributed by atoms with E-state index < -0.39 is 0 Å². The average molecular weight is 176 g/mol. The van der Waals surface area contributed by atoms with Crippen molar-refractivity contribution in [2.45, 2.75) is 0 Å². The summed E-state index contributed by atoms with van der Waals surface area (Å²) in [5.41, 5.74) is 1.93. The molecule has 0 amide bonds. The van der Waals surface area contributed by atoms with Gasteiger partial charge in [-0.2, -0.15) is 0 Å². The molecule has 2 aromatic rings. The van der Waals surface area contributed by atoms with Gasteiger partial charge in [0.05, 0.1) is 17.2 Å². The first-order chi connectivity index (χ1) is 5.90. The fraction of sp³-hybridized carbons (Fsp3) is 0. The van der Waals surface area contributed by atoms with Gasteiger partial charge in [0.2, 0.25) is 0 Å². The van der Waals surface area contributed by atoms with Crippen LogP contribution < -0.4 is 0 Å². The lowest BCUT2D eigenvalue weighted by molar-refractivity contribution is 0.111. The second kappa shape index (κ2) is 3.73. The van der Waals surface area contributed by atoms with Crippen molar-refractivity contribution in [1.82, 2.24) is 9.97 Å². The number of para-hydroxylation sites is 2. The molecule has 66 valence electrons. The van der Waals surface area contributed by atoms with Crippen molar-refractivity contribution in [1.29, 1.82) is 0 Å². The third-order valence-electron chi connectivity index (χ3n) is 1.59. The molecule has 0 aliphatic heterocycles. The summed E-state index contributed by atoms with van der Waals surface area (Å²) in [6.45, 7) is 0. The van der Waals surface area contributed by atoms with Gasteiger partial charge in [0.15, 0.2) is 6.29 Å². The Bertz CT molecular complexity index is 429. The lowest BCUT2D eigenvalue weighted by Crippen LogP contribution is -1.89. The molecule has 2 N–H and O–H groups in total. The molecule has 0 atom stereocenters. The summed E-state index contributed by atoms with van der Waals surface area (Å²) >= 11 is 0. The molecule has 0 bridgehead atoms. The van der Waals surface area contributed by atoms with Crippen molar-refractivity contribution >= 4 is 17.3 Å². The molecule has 2 rings (SSSR count). The van der Waals surface area contributed by atoms with Crippen LogP contribution in [0.15, 0.2) is 30.5 Å². The third-order valence-corrected chi connectivity index (χ3v) is 1.59. The molecule has 1 aromatic heterocycles. The lowest BCUT2D eigenvalue weighted by atomic mass is 10.3. The molecule has 1 aromatic carbocycles. The van der Waals surface area contributed by atoms with Gasteiger partial charge in [-0.15, -0.1) is 0 Å². The van der Waals surface area contributed by atoms with Crippen LogP contribution in [0, 0.1) is 0 Å². The van der Waals surface area contributed by atoms with Crippen molar-refractivity contribution < 1.29 is 10.3 Å². The van der Waals surface area contributed by atoms with Crippen LogP contribution in [0.2, 0.25) is 0 Å². The molecule has 0 spiro atoms. The number of nitrogens with zero attached hydrogens (tertiary/aromatic N) is 2. The highest BCUT2D eigenvalue weighted by molar-refractivity contribution is 5.79. The number of fused-ring (bicyclic) bond motifs is 1. The van der Waals surface area contributed by atoms with E-state index in [4.69, 9.17) is 0 Å². The normalized spacial score (nSPS) is 9.23. The van der Waals surface area contributed by atoms with E-state index in [0.29, 0.717) is 12.0 Å². The summed E-state index contributed by atoms with van der Waals surface area (Å²) in [6, 6.07) is 7.44. The van der Waals surface area contributed by atoms with E-state index >= 15 is 0 Å². The van der Waals surface area contributed by atoms with Gasteiger partial charge in [-0.05, 0) is 12.1 Å². The smallest absolute Gasteiger partial charge is 0.170 e. The number of rotatable bonds is 1. The maximum atomic E-state index is 10.3. The third kappa shape index (κ3) is 1.68. The van der Waals surface area contributed by atoms with Crippen LogP contribution in [-0.2, 0) is 0 Å². The van der Waals surface area contributed by atoms with Crippen molar-refractivity contribution in [2.24, 2.45) is 0 Å². The highest BCUT2D eigenvalue weighted by Crippen LogP contribution is 2.06. The first-order valence-electron chi connectivity index (χ1n) is 3.57. The molecule has 13 heavy (non-hydrogen) atoms. The summed E-state index contributed by atoms with van der Waals surface area (Å²) in [5.74, 6) is 0. The Hall–Kier alpha value is -1.81. The second-order valence-corrected chi connectivity index (χ2v) is 2.40. The number of carbonyl (C=O) groups is 1. The quantitative estimate of drug-likeness (QED) is 0.597. The van der Waals surface area contributed by atoms with E-state index in [0.717, 1.165) is 11.0 Å². The summed E-state index contributed by atoms with van der Waals surface area (Å²) in [7, 11) is 0. The number of carbonyl (C=O) groups excluding carboxylic acids is 1. The van der Waals surface area contributed by atoms with Crippen LogP contribution in [0.5, 0.6) is 0 Å². The minimum absolute atomic E-state index is 0. The summed E-state index contributed by atoms with van der Waals surface area (Å²) < 4.78 is 0. The highest BCUT2D eigenvalue weighted by Gasteiger charge is 1.95. The Labute approximate surface area is 74.6 Å². The van der Waals surface area contributed by atoms with Gasteiger partial charge in [-0.25, -0.2) is 4.98 Å². The number of aldehydes is 1. The monoisotopic (exact) mass is 176 g/mol. The predicted molar refractivity (Wildman–Crippen MR) is 48.5 cm³/mol. The van der Waals surface area contributed by atoms with Gasteiger partial charge in [-0.3, -0.25) is 9.78 Å². The molecule has 0 saturated heterocycles. The van der Waals surface area contributed by atoms with Crippen molar-refractivity contribution in [3.63, 3.8) is 0 Å². The maximum Gasteiger partial charge on any atom is 0.170 e. The molecule has 4 nitrogen and oxygen atoms in total. The van der Waals surface area contributed by atoms with Crippen LogP contribution in [-0.4, -0.2) is 21.7 Å². The molecule has 0 aliphatic carbocycles. The van der Waals surface area contributed by atoms with Crippen LogP contribution in [0.25, 0.3) is 11.0 Å². The molecular formula is C9H8N2O2. The van der Waals surface area contributed by atoms with Gasteiger partial charge in [0.25, 0.3) is 0 Å². The minimum atomic E-state index is 0. The number of benzene rings is 1. The Morgan fingerprint density at radius 1 is 1.15 bits per heavy atom. The second-order valence-electron chi connectivity index (χ2n) is 2.40. The Kier molecular flexibility index (Phi) is 2.66. The van der Waals surface area contributed by atoms with Crippen molar-refractivity contribution in [3.8, 4) is 0 Å². The van der Waals surface area contributed by atoms with Gasteiger partial charge in [0, 0.05) is 0 Å². The fourth-order valence-corrected chi connectivity index (χ4v) is 1.03. The number of hydrogen-bond acceptors (Lipinski definition) is 3. The van der Waals surface area contributed by atoms with Crippen LogP contribution >= 0.6 is 0 Å². The van der Waals surface area contributed by atoms with Crippen molar-refractivity contribution in [3.05, 3.63) is 36.2 Å². The van der Waals surface area contributed by atoms with Gasteiger partial charge >= 0.3 is 0 Å².